The SMILES string of the molecule is CCOc1ccccc1N1CCN(CC(=O)Nc2scc(-c3ccc(Cl)cc3)c2C(=O)OC)CC1. The van der Waals surface area contributed by atoms with E-state index in [9.17, 15) is 9.59 Å². The van der Waals surface area contributed by atoms with Gasteiger partial charge in [0.25, 0.3) is 0 Å². The Hall–Kier alpha value is -3.07. The van der Waals surface area contributed by atoms with Crippen molar-refractivity contribution in [2.24, 2.45) is 0 Å². The van der Waals surface area contributed by atoms with Crippen LogP contribution in [-0.4, -0.2) is 63.2 Å². The van der Waals surface area contributed by atoms with Crippen LogP contribution in [0, 0.1) is 0 Å². The van der Waals surface area contributed by atoms with Gasteiger partial charge in [-0.3, -0.25) is 9.69 Å². The van der Waals surface area contributed by atoms with Crippen LogP contribution in [-0.2, 0) is 9.53 Å². The number of esters is 1. The molecule has 0 aliphatic carbocycles. The highest BCUT2D eigenvalue weighted by Crippen LogP contribution is 2.36. The second kappa shape index (κ2) is 11.6. The molecule has 0 bridgehead atoms. The fourth-order valence-electron chi connectivity index (χ4n) is 4.11. The van der Waals surface area contributed by atoms with Crippen molar-refractivity contribution in [1.29, 1.82) is 0 Å². The Morgan fingerprint density at radius 1 is 1.06 bits per heavy atom. The minimum atomic E-state index is -0.493. The number of hydrogen-bond acceptors (Lipinski definition) is 7. The van der Waals surface area contributed by atoms with Gasteiger partial charge < -0.3 is 19.7 Å². The summed E-state index contributed by atoms with van der Waals surface area (Å²) in [4.78, 5) is 29.8. The molecule has 0 saturated carbocycles. The zero-order chi connectivity index (χ0) is 24.8. The lowest BCUT2D eigenvalue weighted by Crippen LogP contribution is -2.48. The largest absolute Gasteiger partial charge is 0.492 e. The maximum absolute atomic E-state index is 12.9. The molecule has 1 aliphatic heterocycles. The highest BCUT2D eigenvalue weighted by Gasteiger charge is 2.25. The molecule has 0 spiro atoms. The van der Waals surface area contributed by atoms with Gasteiger partial charge in [-0.25, -0.2) is 4.79 Å². The summed E-state index contributed by atoms with van der Waals surface area (Å²) in [6, 6.07) is 15.2. The van der Waals surface area contributed by atoms with Crippen LogP contribution >= 0.6 is 22.9 Å². The minimum Gasteiger partial charge on any atom is -0.492 e. The summed E-state index contributed by atoms with van der Waals surface area (Å²) in [6.45, 7) is 5.93. The van der Waals surface area contributed by atoms with E-state index in [-0.39, 0.29) is 12.5 Å². The van der Waals surface area contributed by atoms with Crippen molar-refractivity contribution in [3.63, 3.8) is 0 Å². The van der Waals surface area contributed by atoms with Crippen LogP contribution in [0.2, 0.25) is 5.02 Å². The number of benzene rings is 2. The third kappa shape index (κ3) is 5.96. The molecule has 1 amide bonds. The lowest BCUT2D eigenvalue weighted by Gasteiger charge is -2.36. The topological polar surface area (TPSA) is 71.1 Å². The van der Waals surface area contributed by atoms with Crippen molar-refractivity contribution in [1.82, 2.24) is 4.90 Å². The minimum absolute atomic E-state index is 0.164. The van der Waals surface area contributed by atoms with Gasteiger partial charge in [-0.1, -0.05) is 35.9 Å². The van der Waals surface area contributed by atoms with Crippen LogP contribution in [0.25, 0.3) is 11.1 Å². The van der Waals surface area contributed by atoms with Gasteiger partial charge in [0.05, 0.1) is 25.9 Å². The molecular weight excluding hydrogens is 486 g/mol. The number of carbonyl (C=O) groups is 2. The zero-order valence-corrected chi connectivity index (χ0v) is 21.3. The summed E-state index contributed by atoms with van der Waals surface area (Å²) in [7, 11) is 1.33. The lowest BCUT2D eigenvalue weighted by atomic mass is 10.0. The predicted octanol–water partition coefficient (Wildman–Crippen LogP) is 5.01. The molecule has 9 heteroatoms. The molecule has 0 atom stereocenters. The van der Waals surface area contributed by atoms with E-state index in [2.05, 4.69) is 21.2 Å². The first kappa shape index (κ1) is 25.0. The lowest BCUT2D eigenvalue weighted by molar-refractivity contribution is -0.117. The summed E-state index contributed by atoms with van der Waals surface area (Å²) in [5, 5.41) is 5.86. The third-order valence-corrected chi connectivity index (χ3v) is 6.98. The Morgan fingerprint density at radius 2 is 1.77 bits per heavy atom. The van der Waals surface area contributed by atoms with Crippen molar-refractivity contribution < 1.29 is 19.1 Å². The number of rotatable bonds is 8. The number of nitrogens with one attached hydrogen (secondary N) is 1. The molecular formula is C26H28ClN3O4S. The molecule has 2 heterocycles. The van der Waals surface area contributed by atoms with Crippen molar-refractivity contribution in [3.8, 4) is 16.9 Å². The summed E-state index contributed by atoms with van der Waals surface area (Å²) in [6.07, 6.45) is 0. The van der Waals surface area contributed by atoms with Crippen LogP contribution in [0.4, 0.5) is 10.7 Å². The molecule has 1 fully saturated rings. The molecule has 1 aliphatic rings. The van der Waals surface area contributed by atoms with E-state index >= 15 is 0 Å². The standard InChI is InChI=1S/C26H28ClN3O4S/c1-3-34-22-7-5-4-6-21(22)30-14-12-29(13-15-30)16-23(31)28-25-24(26(32)33-2)20(17-35-25)18-8-10-19(27)11-9-18/h4-11,17H,3,12-16H2,1-2H3,(H,28,31). The average Bonchev–Trinajstić information content (AvgIpc) is 3.28. The molecule has 2 aromatic carbocycles. The van der Waals surface area contributed by atoms with Gasteiger partial charge in [0.1, 0.15) is 16.3 Å². The summed E-state index contributed by atoms with van der Waals surface area (Å²) in [5.41, 5.74) is 2.96. The molecule has 7 nitrogen and oxygen atoms in total. The number of ether oxygens (including phenoxy) is 2. The van der Waals surface area contributed by atoms with Crippen LogP contribution in [0.5, 0.6) is 5.75 Å². The van der Waals surface area contributed by atoms with E-state index in [1.807, 2.05) is 42.6 Å². The average molecular weight is 514 g/mol. The number of amides is 1. The quantitative estimate of drug-likeness (QED) is 0.427. The molecule has 0 unspecified atom stereocenters. The van der Waals surface area contributed by atoms with Crippen molar-refractivity contribution >= 4 is 45.5 Å². The Bertz CT molecular complexity index is 1170. The van der Waals surface area contributed by atoms with Gasteiger partial charge in [-0.05, 0) is 36.8 Å². The monoisotopic (exact) mass is 513 g/mol. The Labute approximate surface area is 214 Å². The van der Waals surface area contributed by atoms with E-state index < -0.39 is 5.97 Å². The number of hydrogen-bond donors (Lipinski definition) is 1. The number of nitrogens with zero attached hydrogens (tertiary/aromatic N) is 2. The van der Waals surface area contributed by atoms with Gasteiger partial charge in [-0.2, -0.15) is 0 Å². The highest BCUT2D eigenvalue weighted by molar-refractivity contribution is 7.15. The van der Waals surface area contributed by atoms with Crippen molar-refractivity contribution in [3.05, 3.63) is 64.5 Å². The predicted molar refractivity (Wildman–Crippen MR) is 141 cm³/mol. The number of halogens is 1. The highest BCUT2D eigenvalue weighted by atomic mass is 35.5. The molecule has 3 aromatic rings. The first-order chi connectivity index (χ1) is 17.0. The molecule has 184 valence electrons. The Balaban J connectivity index is 1.40. The summed E-state index contributed by atoms with van der Waals surface area (Å²) >= 11 is 7.31. The van der Waals surface area contributed by atoms with E-state index in [0.717, 1.165) is 43.2 Å². The number of anilines is 2. The second-order valence-corrected chi connectivity index (χ2v) is 9.38. The van der Waals surface area contributed by atoms with Crippen LogP contribution in [0.3, 0.4) is 0 Å². The smallest absolute Gasteiger partial charge is 0.341 e. The van der Waals surface area contributed by atoms with Gasteiger partial charge in [0.2, 0.25) is 5.91 Å². The number of para-hydroxylation sites is 2. The summed E-state index contributed by atoms with van der Waals surface area (Å²) in [5.74, 6) is 0.224. The molecule has 1 N–H and O–H groups in total. The normalized spacial score (nSPS) is 14.0. The second-order valence-electron chi connectivity index (χ2n) is 8.06. The Morgan fingerprint density at radius 3 is 2.46 bits per heavy atom. The van der Waals surface area contributed by atoms with Crippen LogP contribution < -0.4 is 15.0 Å². The molecule has 4 rings (SSSR count). The maximum Gasteiger partial charge on any atom is 0.341 e. The van der Waals surface area contributed by atoms with Gasteiger partial charge in [0, 0.05) is 42.1 Å². The first-order valence-corrected chi connectivity index (χ1v) is 12.7. The van der Waals surface area contributed by atoms with E-state index in [1.54, 1.807) is 12.1 Å². The number of piperazine rings is 1. The van der Waals surface area contributed by atoms with Crippen molar-refractivity contribution in [2.75, 3.05) is 56.7 Å². The first-order valence-electron chi connectivity index (χ1n) is 11.4. The van der Waals surface area contributed by atoms with Gasteiger partial charge in [-0.15, -0.1) is 11.3 Å². The summed E-state index contributed by atoms with van der Waals surface area (Å²) < 4.78 is 10.8. The molecule has 1 saturated heterocycles. The Kier molecular flexibility index (Phi) is 8.28. The zero-order valence-electron chi connectivity index (χ0n) is 19.8. The van der Waals surface area contributed by atoms with Crippen LogP contribution in [0.1, 0.15) is 17.3 Å². The number of thiophene rings is 1. The number of methoxy groups -OCH3 is 1. The number of carbonyl (C=O) groups excluding carboxylic acids is 2. The molecule has 35 heavy (non-hydrogen) atoms. The molecule has 0 radical (unpaired) electrons. The molecule has 1 aromatic heterocycles. The van der Waals surface area contributed by atoms with E-state index in [4.69, 9.17) is 21.1 Å². The fourth-order valence-corrected chi connectivity index (χ4v) is 5.21. The van der Waals surface area contributed by atoms with E-state index in [1.165, 1.54) is 18.4 Å². The van der Waals surface area contributed by atoms with Crippen molar-refractivity contribution in [2.45, 2.75) is 6.92 Å². The van der Waals surface area contributed by atoms with Crippen LogP contribution in [0.15, 0.2) is 53.9 Å². The third-order valence-electron chi connectivity index (χ3n) is 5.83. The van der Waals surface area contributed by atoms with Gasteiger partial charge >= 0.3 is 5.97 Å². The fraction of sp³-hybridized carbons (Fsp3) is 0.308. The van der Waals surface area contributed by atoms with E-state index in [0.29, 0.717) is 27.8 Å². The van der Waals surface area contributed by atoms with Gasteiger partial charge in [0.15, 0.2) is 0 Å². The maximum atomic E-state index is 12.9.